The number of nitrogens with one attached hydrogen (secondary N) is 2. The molecule has 2 heterocycles. The van der Waals surface area contributed by atoms with E-state index in [1.165, 1.54) is 10.5 Å². The molecule has 2 N–H and O–H groups in total. The van der Waals surface area contributed by atoms with Gasteiger partial charge < -0.3 is 10.3 Å². The Morgan fingerprint density at radius 1 is 1.29 bits per heavy atom. The van der Waals surface area contributed by atoms with E-state index < -0.39 is 0 Å². The highest BCUT2D eigenvalue weighted by Crippen LogP contribution is 2.36. The molecule has 1 amide bonds. The number of rotatable bonds is 8. The van der Waals surface area contributed by atoms with Crippen LogP contribution in [0.1, 0.15) is 77.7 Å². The fourth-order valence-electron chi connectivity index (χ4n) is 3.77. The molecule has 0 aliphatic rings. The van der Waals surface area contributed by atoms with Gasteiger partial charge in [-0.05, 0) is 69.2 Å². The van der Waals surface area contributed by atoms with Gasteiger partial charge in [0, 0.05) is 28.1 Å². The molecule has 5 heteroatoms. The molecule has 0 aromatic carbocycles. The quantitative estimate of drug-likeness (QED) is 0.613. The zero-order chi connectivity index (χ0) is 20.8. The van der Waals surface area contributed by atoms with Crippen LogP contribution in [0, 0.1) is 26.7 Å². The van der Waals surface area contributed by atoms with Gasteiger partial charge in [-0.3, -0.25) is 9.59 Å². The summed E-state index contributed by atoms with van der Waals surface area (Å²) in [4.78, 5) is 29.0. The number of pyridine rings is 1. The van der Waals surface area contributed by atoms with E-state index >= 15 is 0 Å². The number of aromatic nitrogens is 1. The van der Waals surface area contributed by atoms with E-state index in [-0.39, 0.29) is 18.0 Å². The number of carbonyl (C=O) groups is 1. The molecule has 1 unspecified atom stereocenters. The lowest BCUT2D eigenvalue weighted by molar-refractivity contribution is 0.0950. The van der Waals surface area contributed by atoms with Crippen molar-refractivity contribution in [2.24, 2.45) is 5.92 Å². The Morgan fingerprint density at radius 3 is 2.57 bits per heavy atom. The topological polar surface area (TPSA) is 62.0 Å². The van der Waals surface area contributed by atoms with Crippen LogP contribution in [0.25, 0.3) is 5.57 Å². The molecule has 0 saturated carbocycles. The normalized spacial score (nSPS) is 12.9. The first kappa shape index (κ1) is 22.2. The molecular weight excluding hydrogens is 368 g/mol. The summed E-state index contributed by atoms with van der Waals surface area (Å²) in [5.74, 6) is 0.399. The lowest BCUT2D eigenvalue weighted by Crippen LogP contribution is -2.28. The van der Waals surface area contributed by atoms with Gasteiger partial charge in [-0.15, -0.1) is 11.3 Å². The second-order valence-electron chi connectivity index (χ2n) is 7.37. The van der Waals surface area contributed by atoms with Gasteiger partial charge in [0.1, 0.15) is 0 Å². The summed E-state index contributed by atoms with van der Waals surface area (Å²) < 4.78 is 0. The lowest BCUT2D eigenvalue weighted by atomic mass is 9.89. The van der Waals surface area contributed by atoms with Crippen LogP contribution in [0.3, 0.4) is 0 Å². The first-order valence-corrected chi connectivity index (χ1v) is 10.9. The monoisotopic (exact) mass is 400 g/mol. The third-order valence-corrected chi connectivity index (χ3v) is 6.48. The summed E-state index contributed by atoms with van der Waals surface area (Å²) in [5.41, 5.74) is 5.26. The molecule has 0 aliphatic heterocycles. The first-order chi connectivity index (χ1) is 13.3. The maximum atomic E-state index is 12.8. The summed E-state index contributed by atoms with van der Waals surface area (Å²) in [6.07, 6.45) is 5.60. The van der Waals surface area contributed by atoms with Crippen molar-refractivity contribution in [2.45, 2.75) is 67.3 Å². The van der Waals surface area contributed by atoms with Crippen LogP contribution in [0.2, 0.25) is 0 Å². The predicted molar refractivity (Wildman–Crippen MR) is 119 cm³/mol. The molecule has 2 aromatic heterocycles. The van der Waals surface area contributed by atoms with E-state index in [0.29, 0.717) is 17.0 Å². The maximum absolute atomic E-state index is 12.8. The molecule has 0 spiro atoms. The van der Waals surface area contributed by atoms with E-state index in [1.54, 1.807) is 11.3 Å². The molecule has 2 aromatic rings. The van der Waals surface area contributed by atoms with Crippen LogP contribution in [-0.4, -0.2) is 10.9 Å². The maximum Gasteiger partial charge on any atom is 0.253 e. The molecule has 4 nitrogen and oxygen atoms in total. The minimum atomic E-state index is -0.137. The third-order valence-electron chi connectivity index (χ3n) is 5.35. The Hall–Kier alpha value is -2.14. The standard InChI is InChI=1S/C23H32N2O2S/c1-7-10-17(8-2)18(9-3)21-16(6)20(13-28-21)22(26)24-12-19-14(4)11-15(5)25-23(19)27/h9,11,13,17H,7-8,10,12H2,1-6H3,(H,24,26)(H,25,27)/b18-9+. The fourth-order valence-corrected chi connectivity index (χ4v) is 5.00. The van der Waals surface area contributed by atoms with Gasteiger partial charge in [-0.25, -0.2) is 0 Å². The number of thiophene rings is 1. The van der Waals surface area contributed by atoms with Crippen LogP contribution in [0.15, 0.2) is 22.3 Å². The van der Waals surface area contributed by atoms with Crippen molar-refractivity contribution in [1.29, 1.82) is 0 Å². The molecule has 0 aliphatic carbocycles. The van der Waals surface area contributed by atoms with E-state index in [9.17, 15) is 9.59 Å². The van der Waals surface area contributed by atoms with Crippen molar-refractivity contribution < 1.29 is 4.79 Å². The minimum Gasteiger partial charge on any atom is -0.348 e. The van der Waals surface area contributed by atoms with Gasteiger partial charge >= 0.3 is 0 Å². The van der Waals surface area contributed by atoms with Crippen molar-refractivity contribution in [3.63, 3.8) is 0 Å². The average Bonchev–Trinajstić information content (AvgIpc) is 3.02. The van der Waals surface area contributed by atoms with Crippen LogP contribution in [0.5, 0.6) is 0 Å². The number of aromatic amines is 1. The number of H-pyrrole nitrogens is 1. The highest BCUT2D eigenvalue weighted by atomic mass is 32.1. The van der Waals surface area contributed by atoms with Gasteiger partial charge in [-0.1, -0.05) is 26.3 Å². The van der Waals surface area contributed by atoms with Gasteiger partial charge in [0.2, 0.25) is 0 Å². The molecular formula is C23H32N2O2S. The third kappa shape index (κ3) is 4.82. The van der Waals surface area contributed by atoms with Gasteiger partial charge in [-0.2, -0.15) is 0 Å². The number of aryl methyl sites for hydroxylation is 2. The fraction of sp³-hybridized carbons (Fsp3) is 0.478. The Labute approximate surface area is 172 Å². The van der Waals surface area contributed by atoms with Gasteiger partial charge in [0.15, 0.2) is 0 Å². The molecule has 0 fully saturated rings. The minimum absolute atomic E-state index is 0.127. The molecule has 28 heavy (non-hydrogen) atoms. The summed E-state index contributed by atoms with van der Waals surface area (Å²) in [6, 6.07) is 1.92. The van der Waals surface area contributed by atoms with Crippen LogP contribution in [0.4, 0.5) is 0 Å². The second-order valence-corrected chi connectivity index (χ2v) is 8.25. The number of allylic oxidation sites excluding steroid dienone is 2. The molecule has 0 radical (unpaired) electrons. The van der Waals surface area contributed by atoms with Crippen LogP contribution in [-0.2, 0) is 6.54 Å². The number of hydrogen-bond donors (Lipinski definition) is 2. The predicted octanol–water partition coefficient (Wildman–Crippen LogP) is 5.52. The van der Waals surface area contributed by atoms with Crippen LogP contribution >= 0.6 is 11.3 Å². The Morgan fingerprint density at radius 2 is 2.00 bits per heavy atom. The van der Waals surface area contributed by atoms with Gasteiger partial charge in [0.25, 0.3) is 11.5 Å². The van der Waals surface area contributed by atoms with Crippen molar-refractivity contribution in [2.75, 3.05) is 0 Å². The largest absolute Gasteiger partial charge is 0.348 e. The highest BCUT2D eigenvalue weighted by Gasteiger charge is 2.21. The van der Waals surface area contributed by atoms with E-state index in [4.69, 9.17) is 0 Å². The molecule has 0 bridgehead atoms. The van der Waals surface area contributed by atoms with Gasteiger partial charge in [0.05, 0.1) is 5.56 Å². The number of amides is 1. The summed E-state index contributed by atoms with van der Waals surface area (Å²) in [5, 5.41) is 4.86. The van der Waals surface area contributed by atoms with E-state index in [0.717, 1.165) is 36.1 Å². The zero-order valence-electron chi connectivity index (χ0n) is 17.9. The zero-order valence-corrected chi connectivity index (χ0v) is 18.7. The number of hydrogen-bond acceptors (Lipinski definition) is 3. The SMILES string of the molecule is C/C=C(/c1scc(C(=O)NCc2c(C)cc(C)[nH]c2=O)c1C)C(CC)CCC. The molecule has 152 valence electrons. The Balaban J connectivity index is 2.21. The lowest BCUT2D eigenvalue weighted by Gasteiger charge is -2.18. The smallest absolute Gasteiger partial charge is 0.253 e. The Kier molecular flexibility index (Phi) is 7.81. The second kappa shape index (κ2) is 9.87. The highest BCUT2D eigenvalue weighted by molar-refractivity contribution is 7.11. The Bertz CT molecular complexity index is 921. The average molecular weight is 401 g/mol. The van der Waals surface area contributed by atoms with Crippen LogP contribution < -0.4 is 10.9 Å². The van der Waals surface area contributed by atoms with Crippen molar-refractivity contribution in [3.05, 3.63) is 60.7 Å². The van der Waals surface area contributed by atoms with Crippen molar-refractivity contribution in [3.8, 4) is 0 Å². The molecule has 1 atom stereocenters. The van der Waals surface area contributed by atoms with Crippen molar-refractivity contribution >= 4 is 22.8 Å². The number of carbonyl (C=O) groups excluding carboxylic acids is 1. The van der Waals surface area contributed by atoms with E-state index in [2.05, 4.69) is 37.1 Å². The van der Waals surface area contributed by atoms with E-state index in [1.807, 2.05) is 32.2 Å². The van der Waals surface area contributed by atoms with Crippen molar-refractivity contribution in [1.82, 2.24) is 10.3 Å². The summed E-state index contributed by atoms with van der Waals surface area (Å²) >= 11 is 1.64. The first-order valence-electron chi connectivity index (χ1n) is 10.1. The molecule has 0 saturated heterocycles. The summed E-state index contributed by atoms with van der Waals surface area (Å²) in [6.45, 7) is 12.5. The summed E-state index contributed by atoms with van der Waals surface area (Å²) in [7, 11) is 0. The molecule has 2 rings (SSSR count).